The molecule has 7 nitrogen and oxygen atoms in total. The van der Waals surface area contributed by atoms with Crippen molar-refractivity contribution >= 4 is 6.08 Å². The number of aliphatic hydroxyl groups excluding tert-OH is 3. The van der Waals surface area contributed by atoms with Crippen molar-refractivity contribution in [2.75, 3.05) is 19.8 Å². The van der Waals surface area contributed by atoms with Gasteiger partial charge in [-0.1, -0.05) is 48.6 Å². The first-order valence-electron chi connectivity index (χ1n) is 10.2. The zero-order chi connectivity index (χ0) is 22.2. The summed E-state index contributed by atoms with van der Waals surface area (Å²) in [5.74, 6) is 1.20. The van der Waals surface area contributed by atoms with Crippen LogP contribution in [0.4, 0.5) is 0 Å². The van der Waals surface area contributed by atoms with Crippen molar-refractivity contribution in [3.05, 3.63) is 78.4 Å². The highest BCUT2D eigenvalue weighted by Gasteiger charge is 2.14. The smallest absolute Gasteiger partial charge is 0.137 e. The number of hydrogen-bond acceptors (Lipinski definition) is 6. The summed E-state index contributed by atoms with van der Waals surface area (Å²) in [6.45, 7) is 1.89. The number of hydrogen-bond donors (Lipinski definition) is 4. The number of nitrogens with zero attached hydrogens (tertiary/aromatic N) is 2. The lowest BCUT2D eigenvalue weighted by atomic mass is 10.0. The highest BCUT2D eigenvalue weighted by Crippen LogP contribution is 2.24. The standard InChI is InChI=1S/C24H29N3O4/c1-17(29)24-26-12-13-27(24)21(15-28)9-4-18-2-5-19(6-3-18)20-7-10-23(11-8-20)31-16-22(30)14-25/h2-13,17,21-22,28-30H,14-16,25H2,1H3/t17-,21?,22+/m0/s1. The second-order valence-corrected chi connectivity index (χ2v) is 7.32. The predicted octanol–water partition coefficient (Wildman–Crippen LogP) is 2.55. The van der Waals surface area contributed by atoms with Crippen LogP contribution < -0.4 is 10.5 Å². The van der Waals surface area contributed by atoms with Gasteiger partial charge in [0.25, 0.3) is 0 Å². The maximum Gasteiger partial charge on any atom is 0.137 e. The summed E-state index contributed by atoms with van der Waals surface area (Å²) >= 11 is 0. The Hall–Kier alpha value is -2.97. The summed E-state index contributed by atoms with van der Waals surface area (Å²) < 4.78 is 7.28. The van der Waals surface area contributed by atoms with E-state index in [9.17, 15) is 15.3 Å². The molecule has 164 valence electrons. The monoisotopic (exact) mass is 423 g/mol. The summed E-state index contributed by atoms with van der Waals surface area (Å²) in [5, 5.41) is 29.1. The minimum absolute atomic E-state index is 0.0958. The van der Waals surface area contributed by atoms with Gasteiger partial charge in [0.2, 0.25) is 0 Å². The fourth-order valence-electron chi connectivity index (χ4n) is 3.18. The minimum atomic E-state index is -0.709. The van der Waals surface area contributed by atoms with E-state index in [1.54, 1.807) is 23.9 Å². The molecule has 2 aromatic carbocycles. The Kier molecular flexibility index (Phi) is 7.97. The van der Waals surface area contributed by atoms with Crippen LogP contribution in [0, 0.1) is 0 Å². The number of ether oxygens (including phenoxy) is 1. The number of imidazole rings is 1. The molecular formula is C24H29N3O4. The first-order valence-corrected chi connectivity index (χ1v) is 10.2. The number of aromatic nitrogens is 2. The molecule has 1 aromatic heterocycles. The highest BCUT2D eigenvalue weighted by atomic mass is 16.5. The van der Waals surface area contributed by atoms with Crippen molar-refractivity contribution in [3.63, 3.8) is 0 Å². The van der Waals surface area contributed by atoms with Gasteiger partial charge in [0.15, 0.2) is 0 Å². The maximum atomic E-state index is 9.83. The third-order valence-electron chi connectivity index (χ3n) is 4.94. The Labute approximate surface area is 182 Å². The summed E-state index contributed by atoms with van der Waals surface area (Å²) in [4.78, 5) is 4.16. The summed E-state index contributed by atoms with van der Waals surface area (Å²) in [5.41, 5.74) is 8.49. The first kappa shape index (κ1) is 22.7. The van der Waals surface area contributed by atoms with Gasteiger partial charge in [0.1, 0.15) is 30.4 Å². The van der Waals surface area contributed by atoms with Crippen LogP contribution in [-0.4, -0.2) is 50.7 Å². The average molecular weight is 424 g/mol. The number of benzene rings is 2. The van der Waals surface area contributed by atoms with Crippen molar-refractivity contribution in [3.8, 4) is 16.9 Å². The lowest BCUT2D eigenvalue weighted by Crippen LogP contribution is -2.26. The van der Waals surface area contributed by atoms with Crippen LogP contribution in [0.5, 0.6) is 5.75 Å². The van der Waals surface area contributed by atoms with Gasteiger partial charge >= 0.3 is 0 Å². The fraction of sp³-hybridized carbons (Fsp3) is 0.292. The van der Waals surface area contributed by atoms with Crippen LogP contribution in [-0.2, 0) is 0 Å². The Morgan fingerprint density at radius 3 is 2.29 bits per heavy atom. The van der Waals surface area contributed by atoms with Crippen LogP contribution in [0.2, 0.25) is 0 Å². The first-order chi connectivity index (χ1) is 15.0. The van der Waals surface area contributed by atoms with E-state index in [4.69, 9.17) is 10.5 Å². The summed E-state index contributed by atoms with van der Waals surface area (Å²) in [6.07, 6.45) is 5.82. The molecule has 1 unspecified atom stereocenters. The zero-order valence-electron chi connectivity index (χ0n) is 17.5. The zero-order valence-corrected chi connectivity index (χ0v) is 17.5. The quantitative estimate of drug-likeness (QED) is 0.399. The number of nitrogens with two attached hydrogens (primary N) is 1. The topological polar surface area (TPSA) is 114 Å². The molecule has 3 atom stereocenters. The van der Waals surface area contributed by atoms with Crippen molar-refractivity contribution in [2.45, 2.75) is 25.2 Å². The van der Waals surface area contributed by atoms with Crippen LogP contribution in [0.15, 0.2) is 67.0 Å². The second-order valence-electron chi connectivity index (χ2n) is 7.32. The molecular weight excluding hydrogens is 394 g/mol. The third kappa shape index (κ3) is 6.02. The van der Waals surface area contributed by atoms with Gasteiger partial charge in [-0.25, -0.2) is 4.98 Å². The molecule has 0 radical (unpaired) electrons. The van der Waals surface area contributed by atoms with Crippen LogP contribution in [0.3, 0.4) is 0 Å². The molecule has 0 aliphatic rings. The maximum absolute atomic E-state index is 9.83. The molecule has 0 bridgehead atoms. The van der Waals surface area contributed by atoms with Crippen molar-refractivity contribution in [1.29, 1.82) is 0 Å². The molecule has 1 heterocycles. The molecule has 5 N–H and O–H groups in total. The molecule has 31 heavy (non-hydrogen) atoms. The van der Waals surface area contributed by atoms with Crippen molar-refractivity contribution in [2.24, 2.45) is 5.73 Å². The minimum Gasteiger partial charge on any atom is -0.491 e. The summed E-state index contributed by atoms with van der Waals surface area (Å²) in [6, 6.07) is 15.4. The van der Waals surface area contributed by atoms with E-state index in [1.807, 2.05) is 60.7 Å². The molecule has 7 heteroatoms. The Bertz CT molecular complexity index is 965. The van der Waals surface area contributed by atoms with Crippen LogP contribution in [0.1, 0.15) is 30.5 Å². The van der Waals surface area contributed by atoms with Gasteiger partial charge in [-0.3, -0.25) is 0 Å². The number of aliphatic hydroxyl groups is 3. The van der Waals surface area contributed by atoms with E-state index in [1.165, 1.54) is 0 Å². The number of rotatable bonds is 10. The van der Waals surface area contributed by atoms with E-state index >= 15 is 0 Å². The van der Waals surface area contributed by atoms with Gasteiger partial charge in [0, 0.05) is 18.9 Å². The Balaban J connectivity index is 1.66. The molecule has 3 rings (SSSR count). The van der Waals surface area contributed by atoms with Crippen LogP contribution >= 0.6 is 0 Å². The normalized spacial score (nSPS) is 14.5. The van der Waals surface area contributed by atoms with E-state index in [0.717, 1.165) is 16.7 Å². The Morgan fingerprint density at radius 2 is 1.71 bits per heavy atom. The molecule has 3 aromatic rings. The highest BCUT2D eigenvalue weighted by molar-refractivity contribution is 5.66. The van der Waals surface area contributed by atoms with Gasteiger partial charge in [-0.15, -0.1) is 0 Å². The largest absolute Gasteiger partial charge is 0.491 e. The lowest BCUT2D eigenvalue weighted by Gasteiger charge is -2.16. The van der Waals surface area contributed by atoms with Gasteiger partial charge in [-0.2, -0.15) is 0 Å². The van der Waals surface area contributed by atoms with E-state index < -0.39 is 12.2 Å². The molecule has 0 amide bonds. The van der Waals surface area contributed by atoms with Crippen molar-refractivity contribution in [1.82, 2.24) is 9.55 Å². The van der Waals surface area contributed by atoms with Crippen LogP contribution in [0.25, 0.3) is 17.2 Å². The SMILES string of the molecule is C[C@H](O)c1nccn1C(C=Cc1ccc(-c2ccc(OC[C@H](O)CN)cc2)cc1)CO. The predicted molar refractivity (Wildman–Crippen MR) is 120 cm³/mol. The third-order valence-corrected chi connectivity index (χ3v) is 4.94. The molecule has 0 saturated carbocycles. The molecule has 0 saturated heterocycles. The van der Waals surface area contributed by atoms with E-state index in [0.29, 0.717) is 11.6 Å². The lowest BCUT2D eigenvalue weighted by molar-refractivity contribution is 0.114. The molecule has 0 aliphatic heterocycles. The van der Waals surface area contributed by atoms with Gasteiger partial charge < -0.3 is 30.4 Å². The average Bonchev–Trinajstić information content (AvgIpc) is 3.29. The molecule has 0 spiro atoms. The molecule has 0 aliphatic carbocycles. The second kappa shape index (κ2) is 10.9. The molecule has 0 fully saturated rings. The van der Waals surface area contributed by atoms with Gasteiger partial charge in [0.05, 0.1) is 12.6 Å². The summed E-state index contributed by atoms with van der Waals surface area (Å²) in [7, 11) is 0. The van der Waals surface area contributed by atoms with E-state index in [-0.39, 0.29) is 25.8 Å². The van der Waals surface area contributed by atoms with Crippen molar-refractivity contribution < 1.29 is 20.1 Å². The Morgan fingerprint density at radius 1 is 1.06 bits per heavy atom. The fourth-order valence-corrected chi connectivity index (χ4v) is 3.18. The van der Waals surface area contributed by atoms with Gasteiger partial charge in [-0.05, 0) is 35.7 Å². The van der Waals surface area contributed by atoms with E-state index in [2.05, 4.69) is 4.98 Å².